The summed E-state index contributed by atoms with van der Waals surface area (Å²) in [6.07, 6.45) is 0. The van der Waals surface area contributed by atoms with Crippen molar-refractivity contribution in [2.24, 2.45) is 0 Å². The lowest BCUT2D eigenvalue weighted by atomic mass is 10.0. The molecule has 6 heteroatoms. The van der Waals surface area contributed by atoms with E-state index in [9.17, 15) is 0 Å². The summed E-state index contributed by atoms with van der Waals surface area (Å²) in [4.78, 5) is 4.16. The molecule has 0 atom stereocenters. The van der Waals surface area contributed by atoms with Crippen LogP contribution in [0.4, 0.5) is 11.6 Å². The van der Waals surface area contributed by atoms with Gasteiger partial charge >= 0.3 is 0 Å². The second-order valence-electron chi connectivity index (χ2n) is 3.54. The molecule has 6 nitrogen and oxygen atoms in total. The topological polar surface area (TPSA) is 97.6 Å². The zero-order valence-electron chi connectivity index (χ0n) is 9.14. The summed E-state index contributed by atoms with van der Waals surface area (Å²) in [6, 6.07) is 5.25. The van der Waals surface area contributed by atoms with Crippen molar-refractivity contribution in [3.05, 3.63) is 18.2 Å². The summed E-state index contributed by atoms with van der Waals surface area (Å²) >= 11 is 0. The van der Waals surface area contributed by atoms with E-state index < -0.39 is 5.54 Å². The van der Waals surface area contributed by atoms with Gasteiger partial charge in [0.15, 0.2) is 0 Å². The van der Waals surface area contributed by atoms with Gasteiger partial charge < -0.3 is 26.0 Å². The SMILES string of the molecule is CNc1cccc(NC(CO)(CO)CO)n1. The standard InChI is InChI=1S/C10H17N3O3/c1-11-8-3-2-4-9(12-8)13-10(5-14,6-15)7-16/h2-4,14-16H,5-7H2,1H3,(H2,11,12,13). The van der Waals surface area contributed by atoms with Gasteiger partial charge in [0.2, 0.25) is 0 Å². The minimum absolute atomic E-state index is 0.383. The van der Waals surface area contributed by atoms with E-state index in [1.165, 1.54) is 0 Å². The molecule has 0 spiro atoms. The highest BCUT2D eigenvalue weighted by Crippen LogP contribution is 2.14. The number of nitrogens with one attached hydrogen (secondary N) is 2. The molecule has 0 fully saturated rings. The number of aliphatic hydroxyl groups excluding tert-OH is 3. The molecular formula is C10H17N3O3. The Labute approximate surface area is 94.0 Å². The zero-order chi connectivity index (χ0) is 12.0. The van der Waals surface area contributed by atoms with Crippen LogP contribution in [-0.4, -0.2) is 52.7 Å². The van der Waals surface area contributed by atoms with E-state index in [2.05, 4.69) is 15.6 Å². The molecule has 0 radical (unpaired) electrons. The Kier molecular flexibility index (Phi) is 4.48. The van der Waals surface area contributed by atoms with Crippen LogP contribution in [0.3, 0.4) is 0 Å². The van der Waals surface area contributed by atoms with Gasteiger partial charge in [-0.3, -0.25) is 0 Å². The van der Waals surface area contributed by atoms with E-state index in [-0.39, 0.29) is 19.8 Å². The van der Waals surface area contributed by atoms with Crippen LogP contribution in [0.2, 0.25) is 0 Å². The number of hydrogen-bond donors (Lipinski definition) is 5. The van der Waals surface area contributed by atoms with Gasteiger partial charge in [-0.2, -0.15) is 0 Å². The average Bonchev–Trinajstić information content (AvgIpc) is 2.36. The highest BCUT2D eigenvalue weighted by Gasteiger charge is 2.28. The van der Waals surface area contributed by atoms with E-state index in [0.29, 0.717) is 11.6 Å². The fourth-order valence-electron chi connectivity index (χ4n) is 1.18. The van der Waals surface area contributed by atoms with Gasteiger partial charge in [0.05, 0.1) is 19.8 Å². The average molecular weight is 227 g/mol. The van der Waals surface area contributed by atoms with Crippen molar-refractivity contribution in [1.29, 1.82) is 0 Å². The molecule has 0 aliphatic carbocycles. The second kappa shape index (κ2) is 5.64. The van der Waals surface area contributed by atoms with Crippen molar-refractivity contribution in [2.75, 3.05) is 37.5 Å². The lowest BCUT2D eigenvalue weighted by Gasteiger charge is -2.29. The molecule has 0 unspecified atom stereocenters. The summed E-state index contributed by atoms with van der Waals surface area (Å²) in [5.41, 5.74) is -1.15. The Morgan fingerprint density at radius 3 is 2.19 bits per heavy atom. The maximum absolute atomic E-state index is 9.14. The normalized spacial score (nSPS) is 11.2. The largest absolute Gasteiger partial charge is 0.394 e. The summed E-state index contributed by atoms with van der Waals surface area (Å²) in [7, 11) is 1.74. The predicted octanol–water partition coefficient (Wildman–Crippen LogP) is -0.749. The molecule has 90 valence electrons. The maximum atomic E-state index is 9.14. The first-order chi connectivity index (χ1) is 7.69. The zero-order valence-corrected chi connectivity index (χ0v) is 9.14. The summed E-state index contributed by atoms with van der Waals surface area (Å²) < 4.78 is 0. The number of hydrogen-bond acceptors (Lipinski definition) is 6. The first kappa shape index (κ1) is 12.7. The molecule has 0 saturated heterocycles. The Bertz CT molecular complexity index is 321. The molecule has 0 amide bonds. The molecule has 5 N–H and O–H groups in total. The molecule has 1 rings (SSSR count). The van der Waals surface area contributed by atoms with Crippen LogP contribution >= 0.6 is 0 Å². The van der Waals surface area contributed by atoms with Crippen molar-refractivity contribution in [3.8, 4) is 0 Å². The molecular weight excluding hydrogens is 210 g/mol. The van der Waals surface area contributed by atoms with E-state index in [1.807, 2.05) is 0 Å². The third-order valence-electron chi connectivity index (χ3n) is 2.31. The number of anilines is 2. The van der Waals surface area contributed by atoms with Crippen LogP contribution in [0.15, 0.2) is 18.2 Å². The fourth-order valence-corrected chi connectivity index (χ4v) is 1.18. The first-order valence-corrected chi connectivity index (χ1v) is 4.95. The van der Waals surface area contributed by atoms with Gasteiger partial charge in [-0.25, -0.2) is 4.98 Å². The lowest BCUT2D eigenvalue weighted by Crippen LogP contribution is -2.49. The van der Waals surface area contributed by atoms with Crippen LogP contribution in [0.25, 0.3) is 0 Å². The van der Waals surface area contributed by atoms with Gasteiger partial charge in [0, 0.05) is 7.05 Å². The molecule has 1 aromatic heterocycles. The van der Waals surface area contributed by atoms with Crippen molar-refractivity contribution >= 4 is 11.6 Å². The van der Waals surface area contributed by atoms with Crippen LogP contribution in [0.5, 0.6) is 0 Å². The molecule has 16 heavy (non-hydrogen) atoms. The quantitative estimate of drug-likeness (QED) is 0.439. The van der Waals surface area contributed by atoms with Crippen LogP contribution in [0.1, 0.15) is 0 Å². The van der Waals surface area contributed by atoms with Gasteiger partial charge in [0.25, 0.3) is 0 Å². The lowest BCUT2D eigenvalue weighted by molar-refractivity contribution is 0.0831. The van der Waals surface area contributed by atoms with Gasteiger partial charge in [-0.15, -0.1) is 0 Å². The second-order valence-corrected chi connectivity index (χ2v) is 3.54. The first-order valence-electron chi connectivity index (χ1n) is 4.95. The number of nitrogens with zero attached hydrogens (tertiary/aromatic N) is 1. The molecule has 0 aliphatic heterocycles. The molecule has 0 bridgehead atoms. The number of aromatic nitrogens is 1. The highest BCUT2D eigenvalue weighted by atomic mass is 16.3. The Morgan fingerprint density at radius 2 is 1.69 bits per heavy atom. The smallest absolute Gasteiger partial charge is 0.129 e. The van der Waals surface area contributed by atoms with Crippen molar-refractivity contribution in [3.63, 3.8) is 0 Å². The monoisotopic (exact) mass is 227 g/mol. The maximum Gasteiger partial charge on any atom is 0.129 e. The van der Waals surface area contributed by atoms with Crippen molar-refractivity contribution in [2.45, 2.75) is 5.54 Å². The minimum atomic E-state index is -1.15. The molecule has 1 heterocycles. The Hall–Kier alpha value is -1.37. The third kappa shape index (κ3) is 2.82. The van der Waals surface area contributed by atoms with Gasteiger partial charge in [-0.1, -0.05) is 6.07 Å². The summed E-state index contributed by atoms with van der Waals surface area (Å²) in [5.74, 6) is 1.14. The van der Waals surface area contributed by atoms with E-state index >= 15 is 0 Å². The highest BCUT2D eigenvalue weighted by molar-refractivity contribution is 5.46. The molecule has 1 aromatic rings. The molecule has 0 aromatic carbocycles. The van der Waals surface area contributed by atoms with Gasteiger partial charge in [-0.05, 0) is 12.1 Å². The number of aliphatic hydroxyl groups is 3. The van der Waals surface area contributed by atoms with Crippen LogP contribution in [0, 0.1) is 0 Å². The van der Waals surface area contributed by atoms with E-state index in [1.54, 1.807) is 25.2 Å². The van der Waals surface area contributed by atoms with E-state index in [0.717, 1.165) is 0 Å². The third-order valence-corrected chi connectivity index (χ3v) is 2.31. The van der Waals surface area contributed by atoms with Crippen LogP contribution in [-0.2, 0) is 0 Å². The number of rotatable bonds is 6. The van der Waals surface area contributed by atoms with Crippen LogP contribution < -0.4 is 10.6 Å². The number of pyridine rings is 1. The minimum Gasteiger partial charge on any atom is -0.394 e. The molecule has 0 aliphatic rings. The Balaban J connectivity index is 2.84. The van der Waals surface area contributed by atoms with Crippen molar-refractivity contribution < 1.29 is 15.3 Å². The Morgan fingerprint density at radius 1 is 1.12 bits per heavy atom. The fraction of sp³-hybridized carbons (Fsp3) is 0.500. The van der Waals surface area contributed by atoms with Gasteiger partial charge in [0.1, 0.15) is 17.2 Å². The summed E-state index contributed by atoms with van der Waals surface area (Å²) in [6.45, 7) is -1.15. The van der Waals surface area contributed by atoms with Crippen molar-refractivity contribution in [1.82, 2.24) is 4.98 Å². The predicted molar refractivity (Wildman–Crippen MR) is 61.4 cm³/mol. The van der Waals surface area contributed by atoms with E-state index in [4.69, 9.17) is 15.3 Å². The molecule has 0 saturated carbocycles. The summed E-state index contributed by atoms with van der Waals surface area (Å²) in [5, 5.41) is 33.1.